The smallest absolute Gasteiger partial charge is 0.140 e. The van der Waals surface area contributed by atoms with Crippen LogP contribution in [0, 0.1) is 6.92 Å². The van der Waals surface area contributed by atoms with Crippen LogP contribution >= 0.6 is 15.9 Å². The third kappa shape index (κ3) is 5.21. The largest absolute Gasteiger partial charge is 0.495 e. The molecule has 1 atom stereocenters. The van der Waals surface area contributed by atoms with E-state index in [0.29, 0.717) is 13.2 Å². The Morgan fingerprint density at radius 2 is 1.84 bits per heavy atom. The van der Waals surface area contributed by atoms with Gasteiger partial charge in [0.05, 0.1) is 27.4 Å². The molecule has 0 bridgehead atoms. The molecule has 0 saturated heterocycles. The van der Waals surface area contributed by atoms with Gasteiger partial charge in [-0.05, 0) is 52.5 Å². The molecule has 5 heteroatoms. The summed E-state index contributed by atoms with van der Waals surface area (Å²) in [7, 11) is 3.33. The molecular weight excluding hydrogens is 382 g/mol. The standard InChI is InChI=1S/C20H26BrNO3/c1-14-17(12-18(23-3)19(21)20(14)24-4)15(2)22-10-11-25-13-16-8-6-5-7-9-16/h5-9,12,15,22H,10-11,13H2,1-4H3/t15-/m1/s1. The van der Waals surface area contributed by atoms with Gasteiger partial charge in [0.2, 0.25) is 0 Å². The molecule has 0 spiro atoms. The van der Waals surface area contributed by atoms with Gasteiger partial charge in [-0.25, -0.2) is 0 Å². The molecule has 0 aliphatic rings. The highest BCUT2D eigenvalue weighted by Crippen LogP contribution is 2.40. The summed E-state index contributed by atoms with van der Waals surface area (Å²) in [5.41, 5.74) is 3.44. The normalized spacial score (nSPS) is 12.0. The van der Waals surface area contributed by atoms with Gasteiger partial charge < -0.3 is 19.5 Å². The first kappa shape index (κ1) is 19.8. The van der Waals surface area contributed by atoms with Crippen molar-refractivity contribution in [3.8, 4) is 11.5 Å². The highest BCUT2D eigenvalue weighted by molar-refractivity contribution is 9.10. The lowest BCUT2D eigenvalue weighted by Gasteiger charge is -2.21. The second-order valence-corrected chi connectivity index (χ2v) is 6.65. The van der Waals surface area contributed by atoms with E-state index in [9.17, 15) is 0 Å². The van der Waals surface area contributed by atoms with Crippen LogP contribution in [-0.4, -0.2) is 27.4 Å². The average molecular weight is 408 g/mol. The minimum absolute atomic E-state index is 0.163. The molecule has 2 rings (SSSR count). The number of hydrogen-bond acceptors (Lipinski definition) is 4. The fourth-order valence-electron chi connectivity index (χ4n) is 2.78. The zero-order chi connectivity index (χ0) is 18.2. The van der Waals surface area contributed by atoms with Crippen molar-refractivity contribution in [2.75, 3.05) is 27.4 Å². The molecule has 25 heavy (non-hydrogen) atoms. The molecule has 0 amide bonds. The molecule has 136 valence electrons. The van der Waals surface area contributed by atoms with Crippen molar-refractivity contribution < 1.29 is 14.2 Å². The summed E-state index contributed by atoms with van der Waals surface area (Å²) in [6.45, 7) is 6.25. The minimum atomic E-state index is 0.163. The lowest BCUT2D eigenvalue weighted by molar-refractivity contribution is 0.121. The quantitative estimate of drug-likeness (QED) is 0.614. The highest BCUT2D eigenvalue weighted by atomic mass is 79.9. The van der Waals surface area contributed by atoms with Crippen LogP contribution in [0.15, 0.2) is 40.9 Å². The molecule has 0 aliphatic carbocycles. The highest BCUT2D eigenvalue weighted by Gasteiger charge is 2.18. The summed E-state index contributed by atoms with van der Waals surface area (Å²) in [5.74, 6) is 1.58. The van der Waals surface area contributed by atoms with Crippen LogP contribution in [0.4, 0.5) is 0 Å². The van der Waals surface area contributed by atoms with Gasteiger partial charge in [0.25, 0.3) is 0 Å². The van der Waals surface area contributed by atoms with Crippen LogP contribution < -0.4 is 14.8 Å². The first-order valence-electron chi connectivity index (χ1n) is 8.34. The Bertz CT molecular complexity index is 676. The molecule has 0 saturated carbocycles. The topological polar surface area (TPSA) is 39.7 Å². The third-order valence-corrected chi connectivity index (χ3v) is 4.93. The van der Waals surface area contributed by atoms with Crippen molar-refractivity contribution in [1.29, 1.82) is 0 Å². The van der Waals surface area contributed by atoms with Gasteiger partial charge in [-0.1, -0.05) is 30.3 Å². The number of ether oxygens (including phenoxy) is 3. The summed E-state index contributed by atoms with van der Waals surface area (Å²) in [5, 5.41) is 3.50. The zero-order valence-corrected chi connectivity index (χ0v) is 16.9. The van der Waals surface area contributed by atoms with Crippen molar-refractivity contribution in [3.05, 3.63) is 57.6 Å². The molecule has 2 aromatic carbocycles. The van der Waals surface area contributed by atoms with Crippen molar-refractivity contribution >= 4 is 15.9 Å². The van der Waals surface area contributed by atoms with Gasteiger partial charge >= 0.3 is 0 Å². The van der Waals surface area contributed by atoms with Crippen molar-refractivity contribution in [3.63, 3.8) is 0 Å². The van der Waals surface area contributed by atoms with Crippen LogP contribution in [0.3, 0.4) is 0 Å². The van der Waals surface area contributed by atoms with Crippen molar-refractivity contribution in [2.45, 2.75) is 26.5 Å². The van der Waals surface area contributed by atoms with E-state index < -0.39 is 0 Å². The van der Waals surface area contributed by atoms with Gasteiger partial charge in [0, 0.05) is 12.6 Å². The second-order valence-electron chi connectivity index (χ2n) is 5.85. The maximum absolute atomic E-state index is 5.73. The molecule has 0 aliphatic heterocycles. The van der Waals surface area contributed by atoms with Gasteiger partial charge in [0.1, 0.15) is 16.0 Å². The van der Waals surface area contributed by atoms with E-state index in [0.717, 1.165) is 33.6 Å². The van der Waals surface area contributed by atoms with Crippen LogP contribution in [0.5, 0.6) is 11.5 Å². The number of rotatable bonds is 9. The van der Waals surface area contributed by atoms with E-state index in [2.05, 4.69) is 47.2 Å². The van der Waals surface area contributed by atoms with E-state index in [1.807, 2.05) is 24.3 Å². The van der Waals surface area contributed by atoms with Crippen LogP contribution in [0.1, 0.15) is 29.7 Å². The van der Waals surface area contributed by atoms with Crippen molar-refractivity contribution in [1.82, 2.24) is 5.32 Å². The maximum atomic E-state index is 5.73. The Kier molecular flexibility index (Phi) is 7.75. The van der Waals surface area contributed by atoms with Gasteiger partial charge in [-0.15, -0.1) is 0 Å². The monoisotopic (exact) mass is 407 g/mol. The van der Waals surface area contributed by atoms with Crippen LogP contribution in [0.25, 0.3) is 0 Å². The van der Waals surface area contributed by atoms with E-state index in [1.165, 1.54) is 5.56 Å². The molecule has 0 heterocycles. The molecular formula is C20H26BrNO3. The predicted molar refractivity (Wildman–Crippen MR) is 104 cm³/mol. The van der Waals surface area contributed by atoms with Crippen molar-refractivity contribution in [2.24, 2.45) is 0 Å². The van der Waals surface area contributed by atoms with Crippen LogP contribution in [-0.2, 0) is 11.3 Å². The number of nitrogens with one attached hydrogen (secondary N) is 1. The summed E-state index contributed by atoms with van der Waals surface area (Å²) >= 11 is 3.54. The Balaban J connectivity index is 1.91. The fraction of sp³-hybridized carbons (Fsp3) is 0.400. The number of methoxy groups -OCH3 is 2. The zero-order valence-electron chi connectivity index (χ0n) is 15.3. The number of hydrogen-bond donors (Lipinski definition) is 1. The Morgan fingerprint density at radius 1 is 1.12 bits per heavy atom. The number of benzene rings is 2. The average Bonchev–Trinajstić information content (AvgIpc) is 2.63. The molecule has 0 aromatic heterocycles. The maximum Gasteiger partial charge on any atom is 0.140 e. The fourth-order valence-corrected chi connectivity index (χ4v) is 3.52. The Morgan fingerprint density at radius 3 is 2.48 bits per heavy atom. The first-order chi connectivity index (χ1) is 12.1. The molecule has 0 radical (unpaired) electrons. The third-order valence-electron chi connectivity index (χ3n) is 4.17. The lowest BCUT2D eigenvalue weighted by atomic mass is 10.0. The van der Waals surface area contributed by atoms with Gasteiger partial charge in [0.15, 0.2) is 0 Å². The molecule has 4 nitrogen and oxygen atoms in total. The molecule has 0 unspecified atom stereocenters. The Hall–Kier alpha value is -1.56. The van der Waals surface area contributed by atoms with E-state index in [1.54, 1.807) is 14.2 Å². The van der Waals surface area contributed by atoms with E-state index in [4.69, 9.17) is 14.2 Å². The SMILES string of the molecule is COc1cc([C@@H](C)NCCOCc2ccccc2)c(C)c(OC)c1Br. The molecule has 2 aromatic rings. The minimum Gasteiger partial charge on any atom is -0.495 e. The van der Waals surface area contributed by atoms with Gasteiger partial charge in [-0.2, -0.15) is 0 Å². The molecule has 1 N–H and O–H groups in total. The summed E-state index contributed by atoms with van der Waals surface area (Å²) < 4.78 is 17.5. The lowest BCUT2D eigenvalue weighted by Crippen LogP contribution is -2.24. The Labute approximate surface area is 158 Å². The molecule has 0 fully saturated rings. The van der Waals surface area contributed by atoms with E-state index >= 15 is 0 Å². The first-order valence-corrected chi connectivity index (χ1v) is 9.13. The summed E-state index contributed by atoms with van der Waals surface area (Å²) in [6, 6.07) is 12.4. The summed E-state index contributed by atoms with van der Waals surface area (Å²) in [4.78, 5) is 0. The van der Waals surface area contributed by atoms with Crippen LogP contribution in [0.2, 0.25) is 0 Å². The van der Waals surface area contributed by atoms with Gasteiger partial charge in [-0.3, -0.25) is 0 Å². The summed E-state index contributed by atoms with van der Waals surface area (Å²) in [6.07, 6.45) is 0. The predicted octanol–water partition coefficient (Wildman–Crippen LogP) is 4.64. The number of halogens is 1. The van der Waals surface area contributed by atoms with E-state index in [-0.39, 0.29) is 6.04 Å². The second kappa shape index (κ2) is 9.80.